The van der Waals surface area contributed by atoms with E-state index in [1.54, 1.807) is 0 Å². The maximum absolute atomic E-state index is 10.8. The van der Waals surface area contributed by atoms with Crippen molar-refractivity contribution >= 4 is 5.97 Å². The first kappa shape index (κ1) is 13.8. The van der Waals surface area contributed by atoms with Crippen LogP contribution < -0.4 is 5.32 Å². The monoisotopic (exact) mass is 254 g/mol. The molecule has 0 spiro atoms. The fraction of sp³-hybridized carbons (Fsp3) is 0.929. The minimum atomic E-state index is -0.710. The molecule has 2 fully saturated rings. The molecule has 0 aromatic carbocycles. The molecular formula is C14H26N2O2. The largest absolute Gasteiger partial charge is 0.480 e. The van der Waals surface area contributed by atoms with Gasteiger partial charge in [-0.05, 0) is 44.6 Å². The predicted molar refractivity (Wildman–Crippen MR) is 71.6 cm³/mol. The Kier molecular flexibility index (Phi) is 4.62. The Morgan fingerprint density at radius 1 is 1.28 bits per heavy atom. The summed E-state index contributed by atoms with van der Waals surface area (Å²) in [6.45, 7) is 5.40. The highest BCUT2D eigenvalue weighted by molar-refractivity contribution is 5.69. The van der Waals surface area contributed by atoms with E-state index in [2.05, 4.69) is 17.1 Å². The summed E-state index contributed by atoms with van der Waals surface area (Å²) in [6, 6.07) is 1.80. The number of carboxylic acid groups (broad SMARTS) is 1. The predicted octanol–water partition coefficient (Wildman–Crippen LogP) is 1.70. The van der Waals surface area contributed by atoms with Crippen molar-refractivity contribution in [1.29, 1.82) is 0 Å². The van der Waals surface area contributed by atoms with Crippen molar-refractivity contribution in [2.75, 3.05) is 13.1 Å². The van der Waals surface area contributed by atoms with E-state index in [1.807, 2.05) is 6.92 Å². The highest BCUT2D eigenvalue weighted by Crippen LogP contribution is 2.30. The molecule has 2 aliphatic carbocycles. The van der Waals surface area contributed by atoms with Gasteiger partial charge in [-0.3, -0.25) is 9.69 Å². The topological polar surface area (TPSA) is 52.6 Å². The summed E-state index contributed by atoms with van der Waals surface area (Å²) in [5, 5.41) is 12.6. The molecule has 0 bridgehead atoms. The average molecular weight is 254 g/mol. The van der Waals surface area contributed by atoms with Crippen molar-refractivity contribution in [3.05, 3.63) is 0 Å². The summed E-state index contributed by atoms with van der Waals surface area (Å²) < 4.78 is 0. The zero-order valence-electron chi connectivity index (χ0n) is 11.6. The molecule has 0 saturated heterocycles. The third-order valence-corrected chi connectivity index (χ3v) is 4.54. The Bertz CT molecular complexity index is 290. The summed E-state index contributed by atoms with van der Waals surface area (Å²) >= 11 is 0. The molecule has 0 amide bonds. The van der Waals surface area contributed by atoms with E-state index in [1.165, 1.54) is 19.3 Å². The van der Waals surface area contributed by atoms with Gasteiger partial charge in [0.15, 0.2) is 0 Å². The number of nitrogens with zero attached hydrogens (tertiary/aromatic N) is 1. The van der Waals surface area contributed by atoms with Gasteiger partial charge in [-0.15, -0.1) is 0 Å². The van der Waals surface area contributed by atoms with Crippen LogP contribution in [0.25, 0.3) is 0 Å². The first-order chi connectivity index (χ1) is 8.58. The Hall–Kier alpha value is -0.610. The van der Waals surface area contributed by atoms with Crippen LogP contribution in [-0.2, 0) is 4.79 Å². The van der Waals surface area contributed by atoms with Gasteiger partial charge in [-0.2, -0.15) is 0 Å². The van der Waals surface area contributed by atoms with Crippen LogP contribution in [0.2, 0.25) is 0 Å². The lowest BCUT2D eigenvalue weighted by Gasteiger charge is -2.43. The normalized spacial score (nSPS) is 35.7. The Balaban J connectivity index is 1.68. The number of hydrogen-bond donors (Lipinski definition) is 2. The number of nitrogens with one attached hydrogen (secondary N) is 1. The van der Waals surface area contributed by atoms with Crippen molar-refractivity contribution in [2.24, 2.45) is 5.92 Å². The molecule has 0 aromatic heterocycles. The Labute approximate surface area is 110 Å². The molecule has 2 unspecified atom stereocenters. The minimum absolute atomic E-state index is 0.189. The van der Waals surface area contributed by atoms with Crippen LogP contribution in [0.5, 0.6) is 0 Å². The van der Waals surface area contributed by atoms with E-state index in [4.69, 9.17) is 5.11 Å². The Morgan fingerprint density at radius 3 is 2.50 bits per heavy atom. The number of likely N-dealkylation sites (N-methyl/N-ethyl adjacent to an activating group) is 1. The van der Waals surface area contributed by atoms with E-state index in [0.29, 0.717) is 18.1 Å². The van der Waals surface area contributed by atoms with Crippen molar-refractivity contribution in [1.82, 2.24) is 10.2 Å². The van der Waals surface area contributed by atoms with Crippen LogP contribution in [0.1, 0.15) is 46.0 Å². The SMILES string of the molecule is CCN(CC(=O)O)C1CC(NC2CCC(C)C2)C1. The smallest absolute Gasteiger partial charge is 0.317 e. The van der Waals surface area contributed by atoms with Crippen LogP contribution in [0.4, 0.5) is 0 Å². The molecule has 104 valence electrons. The zero-order valence-corrected chi connectivity index (χ0v) is 11.6. The first-order valence-corrected chi connectivity index (χ1v) is 7.30. The van der Waals surface area contributed by atoms with Gasteiger partial charge in [0.25, 0.3) is 0 Å². The lowest BCUT2D eigenvalue weighted by atomic mass is 9.84. The van der Waals surface area contributed by atoms with Gasteiger partial charge in [0.2, 0.25) is 0 Å². The van der Waals surface area contributed by atoms with Gasteiger partial charge in [0.1, 0.15) is 0 Å². The second kappa shape index (κ2) is 6.02. The standard InChI is InChI=1S/C14H26N2O2/c1-3-16(9-14(17)18)13-7-12(8-13)15-11-5-4-10(2)6-11/h10-13,15H,3-9H2,1-2H3,(H,17,18). The number of hydrogen-bond acceptors (Lipinski definition) is 3. The molecule has 0 radical (unpaired) electrons. The first-order valence-electron chi connectivity index (χ1n) is 7.30. The van der Waals surface area contributed by atoms with Crippen LogP contribution in [0, 0.1) is 5.92 Å². The van der Waals surface area contributed by atoms with Crippen molar-refractivity contribution in [2.45, 2.75) is 64.1 Å². The van der Waals surface area contributed by atoms with E-state index in [-0.39, 0.29) is 6.54 Å². The van der Waals surface area contributed by atoms with Crippen molar-refractivity contribution in [3.63, 3.8) is 0 Å². The molecule has 4 nitrogen and oxygen atoms in total. The molecule has 0 heterocycles. The average Bonchev–Trinajstić information content (AvgIpc) is 2.66. The fourth-order valence-electron chi connectivity index (χ4n) is 3.39. The van der Waals surface area contributed by atoms with Crippen LogP contribution in [0.15, 0.2) is 0 Å². The highest BCUT2D eigenvalue weighted by Gasteiger charge is 2.35. The zero-order chi connectivity index (χ0) is 13.1. The maximum atomic E-state index is 10.8. The second-order valence-electron chi connectivity index (χ2n) is 6.06. The molecular weight excluding hydrogens is 228 g/mol. The van der Waals surface area contributed by atoms with Gasteiger partial charge in [0, 0.05) is 18.1 Å². The van der Waals surface area contributed by atoms with E-state index < -0.39 is 5.97 Å². The summed E-state index contributed by atoms with van der Waals surface area (Å²) in [7, 11) is 0. The van der Waals surface area contributed by atoms with Gasteiger partial charge >= 0.3 is 5.97 Å². The molecule has 0 aromatic rings. The van der Waals surface area contributed by atoms with E-state index in [0.717, 1.165) is 25.3 Å². The molecule has 0 aliphatic heterocycles. The van der Waals surface area contributed by atoms with Gasteiger partial charge in [0.05, 0.1) is 6.54 Å². The van der Waals surface area contributed by atoms with Crippen molar-refractivity contribution in [3.8, 4) is 0 Å². The number of carboxylic acids is 1. The summed E-state index contributed by atoms with van der Waals surface area (Å²) in [4.78, 5) is 12.8. The highest BCUT2D eigenvalue weighted by atomic mass is 16.4. The van der Waals surface area contributed by atoms with Crippen LogP contribution in [0.3, 0.4) is 0 Å². The molecule has 2 aliphatic rings. The van der Waals surface area contributed by atoms with Crippen molar-refractivity contribution < 1.29 is 9.90 Å². The van der Waals surface area contributed by atoms with Gasteiger partial charge in [-0.25, -0.2) is 0 Å². The lowest BCUT2D eigenvalue weighted by Crippen LogP contribution is -2.55. The quantitative estimate of drug-likeness (QED) is 0.757. The summed E-state index contributed by atoms with van der Waals surface area (Å²) in [5.41, 5.74) is 0. The molecule has 18 heavy (non-hydrogen) atoms. The molecule has 4 heteroatoms. The van der Waals surface area contributed by atoms with E-state index in [9.17, 15) is 4.79 Å². The maximum Gasteiger partial charge on any atom is 0.317 e. The Morgan fingerprint density at radius 2 is 2.00 bits per heavy atom. The second-order valence-corrected chi connectivity index (χ2v) is 6.06. The van der Waals surface area contributed by atoms with Crippen LogP contribution in [-0.4, -0.2) is 47.2 Å². The molecule has 2 rings (SSSR count). The van der Waals surface area contributed by atoms with Gasteiger partial charge < -0.3 is 10.4 Å². The summed E-state index contributed by atoms with van der Waals surface area (Å²) in [6.07, 6.45) is 6.22. The third-order valence-electron chi connectivity index (χ3n) is 4.54. The van der Waals surface area contributed by atoms with E-state index >= 15 is 0 Å². The minimum Gasteiger partial charge on any atom is -0.480 e. The molecule has 2 atom stereocenters. The lowest BCUT2D eigenvalue weighted by molar-refractivity contribution is -0.139. The number of aliphatic carboxylic acids is 1. The number of rotatable bonds is 6. The van der Waals surface area contributed by atoms with Crippen LogP contribution >= 0.6 is 0 Å². The fourth-order valence-corrected chi connectivity index (χ4v) is 3.39. The number of carbonyl (C=O) groups is 1. The third kappa shape index (κ3) is 3.45. The van der Waals surface area contributed by atoms with Gasteiger partial charge in [-0.1, -0.05) is 13.8 Å². The molecule has 2 N–H and O–H groups in total. The molecule has 2 saturated carbocycles. The summed E-state index contributed by atoms with van der Waals surface area (Å²) in [5.74, 6) is 0.162.